The summed E-state index contributed by atoms with van der Waals surface area (Å²) in [5.41, 5.74) is 4.07. The van der Waals surface area contributed by atoms with E-state index in [9.17, 15) is 14.0 Å². The molecular formula is C19H36O6P2. The first-order valence-corrected chi connectivity index (χ1v) is 13.1. The van der Waals surface area contributed by atoms with Gasteiger partial charge in [0.2, 0.25) is 7.37 Å². The van der Waals surface area contributed by atoms with Crippen molar-refractivity contribution in [3.63, 3.8) is 0 Å². The Balaban J connectivity index is 3.93. The number of rotatable bonds is 14. The van der Waals surface area contributed by atoms with Gasteiger partial charge in [0.1, 0.15) is 12.3 Å². The Morgan fingerprint density at radius 1 is 0.852 bits per heavy atom. The molecule has 1 unspecified atom stereocenters. The first-order valence-electron chi connectivity index (χ1n) is 9.29. The third-order valence-electron chi connectivity index (χ3n) is 3.81. The second kappa shape index (κ2) is 13.7. The van der Waals surface area contributed by atoms with E-state index in [-0.39, 0.29) is 0 Å². The lowest BCUT2D eigenvalue weighted by Crippen LogP contribution is -2.01. The van der Waals surface area contributed by atoms with Gasteiger partial charge in [-0.05, 0) is 66.2 Å². The van der Waals surface area contributed by atoms with Gasteiger partial charge in [0.15, 0.2) is 0 Å². The monoisotopic (exact) mass is 422 g/mol. The van der Waals surface area contributed by atoms with Crippen LogP contribution in [0.5, 0.6) is 0 Å². The molecule has 158 valence electrons. The zero-order chi connectivity index (χ0) is 20.9. The lowest BCUT2D eigenvalue weighted by molar-refractivity contribution is 0.166. The number of hydrogen-bond acceptors (Lipinski definition) is 3. The molecule has 27 heavy (non-hydrogen) atoms. The zero-order valence-electron chi connectivity index (χ0n) is 17.1. The van der Waals surface area contributed by atoms with Crippen LogP contribution < -0.4 is 0 Å². The third-order valence-corrected chi connectivity index (χ3v) is 7.63. The summed E-state index contributed by atoms with van der Waals surface area (Å²) in [4.78, 5) is 26.9. The quantitative estimate of drug-likeness (QED) is 0.192. The van der Waals surface area contributed by atoms with Gasteiger partial charge < -0.3 is 19.4 Å². The van der Waals surface area contributed by atoms with Crippen LogP contribution in [0.4, 0.5) is 0 Å². The first kappa shape index (κ1) is 26.5. The van der Waals surface area contributed by atoms with Crippen LogP contribution in [0.3, 0.4) is 0 Å². The fourth-order valence-electron chi connectivity index (χ4n) is 2.41. The van der Waals surface area contributed by atoms with Crippen LogP contribution >= 0.6 is 15.0 Å². The van der Waals surface area contributed by atoms with E-state index in [0.717, 1.165) is 32.1 Å². The predicted octanol–water partition coefficient (Wildman–Crippen LogP) is 5.57. The summed E-state index contributed by atoms with van der Waals surface area (Å²) >= 11 is 0. The summed E-state index contributed by atoms with van der Waals surface area (Å²) < 4.78 is 27.4. The molecule has 0 saturated heterocycles. The molecule has 0 aromatic carbocycles. The lowest BCUT2D eigenvalue weighted by atomic mass is 10.1. The maximum atomic E-state index is 11.6. The van der Waals surface area contributed by atoms with Crippen LogP contribution in [0, 0.1) is 0 Å². The summed E-state index contributed by atoms with van der Waals surface area (Å²) in [6.07, 6.45) is 11.9. The van der Waals surface area contributed by atoms with Gasteiger partial charge >= 0.3 is 7.60 Å². The van der Waals surface area contributed by atoms with E-state index < -0.39 is 27.2 Å². The van der Waals surface area contributed by atoms with Gasteiger partial charge in [-0.15, -0.1) is 0 Å². The maximum absolute atomic E-state index is 11.6. The van der Waals surface area contributed by atoms with Crippen molar-refractivity contribution in [1.82, 2.24) is 0 Å². The standard InChI is InChI=1S/C19H36O6P2/c1-17(2)9-7-11-19(4)13-8-12-18(3)10-5-6-14-25-15-26(20,21)16-27(22,23)24/h9-10,13H,5-8,11-12,14-16H2,1-4H3,(H,20,21)(H2,22,23,24)/b18-10+,19-13+. The minimum atomic E-state index is -4.50. The molecule has 0 spiro atoms. The zero-order valence-corrected chi connectivity index (χ0v) is 18.8. The van der Waals surface area contributed by atoms with Crippen LogP contribution in [0.25, 0.3) is 0 Å². The third kappa shape index (κ3) is 18.6. The maximum Gasteiger partial charge on any atom is 0.335 e. The first-order chi connectivity index (χ1) is 12.4. The van der Waals surface area contributed by atoms with Crippen LogP contribution in [0.1, 0.15) is 66.2 Å². The van der Waals surface area contributed by atoms with Crippen molar-refractivity contribution in [2.45, 2.75) is 66.2 Å². The van der Waals surface area contributed by atoms with Crippen molar-refractivity contribution >= 4 is 15.0 Å². The summed E-state index contributed by atoms with van der Waals surface area (Å²) in [5, 5.41) is 0. The van der Waals surface area contributed by atoms with Crippen LogP contribution in [-0.4, -0.2) is 33.5 Å². The fourth-order valence-corrected chi connectivity index (χ4v) is 5.45. The van der Waals surface area contributed by atoms with Gasteiger partial charge in [-0.1, -0.05) is 34.9 Å². The average molecular weight is 422 g/mol. The van der Waals surface area contributed by atoms with Crippen molar-refractivity contribution in [2.75, 3.05) is 18.9 Å². The van der Waals surface area contributed by atoms with E-state index in [1.807, 2.05) is 0 Å². The van der Waals surface area contributed by atoms with Crippen molar-refractivity contribution in [1.29, 1.82) is 0 Å². The molecule has 0 rings (SSSR count). The van der Waals surface area contributed by atoms with Crippen LogP contribution in [-0.2, 0) is 13.9 Å². The summed E-state index contributed by atoms with van der Waals surface area (Å²) in [6.45, 7) is 8.78. The molecule has 8 heteroatoms. The van der Waals surface area contributed by atoms with Crippen molar-refractivity contribution in [3.05, 3.63) is 34.9 Å². The molecule has 0 aliphatic heterocycles. The molecule has 3 N–H and O–H groups in total. The molecule has 0 radical (unpaired) electrons. The minimum absolute atomic E-state index is 0.291. The minimum Gasteiger partial charge on any atom is -0.371 e. The van der Waals surface area contributed by atoms with E-state index in [2.05, 4.69) is 45.9 Å². The summed E-state index contributed by atoms with van der Waals surface area (Å²) in [6, 6.07) is 0. The van der Waals surface area contributed by atoms with Crippen LogP contribution in [0.15, 0.2) is 34.9 Å². The largest absolute Gasteiger partial charge is 0.371 e. The molecule has 0 aliphatic carbocycles. The topological polar surface area (TPSA) is 104 Å². The fraction of sp³-hybridized carbons (Fsp3) is 0.684. The molecule has 0 heterocycles. The predicted molar refractivity (Wildman–Crippen MR) is 112 cm³/mol. The van der Waals surface area contributed by atoms with E-state index in [0.29, 0.717) is 13.0 Å². The number of ether oxygens (including phenoxy) is 1. The molecule has 0 aromatic rings. The average Bonchev–Trinajstić information content (AvgIpc) is 2.47. The second-order valence-electron chi connectivity index (χ2n) is 7.29. The van der Waals surface area contributed by atoms with Crippen LogP contribution in [0.2, 0.25) is 0 Å². The SMILES string of the molecule is CC(C)=CCC/C(C)=C/CC/C(C)=C/CCCOCP(=O)(O)CP(=O)(O)O. The highest BCUT2D eigenvalue weighted by Crippen LogP contribution is 2.54. The molecular weight excluding hydrogens is 386 g/mol. The van der Waals surface area contributed by atoms with Gasteiger partial charge in [-0.2, -0.15) is 0 Å². The molecule has 0 saturated carbocycles. The molecule has 0 bridgehead atoms. The Kier molecular flexibility index (Phi) is 13.4. The molecule has 0 aromatic heterocycles. The van der Waals surface area contributed by atoms with Gasteiger partial charge in [-0.3, -0.25) is 9.13 Å². The van der Waals surface area contributed by atoms with Gasteiger partial charge in [-0.25, -0.2) is 0 Å². The van der Waals surface area contributed by atoms with E-state index in [4.69, 9.17) is 14.5 Å². The van der Waals surface area contributed by atoms with E-state index in [1.165, 1.54) is 16.7 Å². The smallest absolute Gasteiger partial charge is 0.335 e. The Morgan fingerprint density at radius 2 is 1.37 bits per heavy atom. The number of unbranched alkanes of at least 4 members (excludes halogenated alkanes) is 1. The van der Waals surface area contributed by atoms with Gasteiger partial charge in [0, 0.05) is 6.61 Å². The van der Waals surface area contributed by atoms with Gasteiger partial charge in [0.25, 0.3) is 0 Å². The van der Waals surface area contributed by atoms with Gasteiger partial charge in [0.05, 0.1) is 0 Å². The summed E-state index contributed by atoms with van der Waals surface area (Å²) in [5.74, 6) is -1.03. The summed E-state index contributed by atoms with van der Waals surface area (Å²) in [7, 11) is -8.43. The van der Waals surface area contributed by atoms with Crippen molar-refractivity contribution in [3.8, 4) is 0 Å². The molecule has 6 nitrogen and oxygen atoms in total. The Labute approximate surface area is 164 Å². The molecule has 0 amide bonds. The number of hydrogen-bond donors (Lipinski definition) is 3. The highest BCUT2D eigenvalue weighted by atomic mass is 31.2. The molecule has 1 atom stereocenters. The molecule has 0 fully saturated rings. The van der Waals surface area contributed by atoms with E-state index in [1.54, 1.807) is 0 Å². The normalized spacial score (nSPS) is 15.5. The van der Waals surface area contributed by atoms with Crippen molar-refractivity contribution < 1.29 is 28.5 Å². The van der Waals surface area contributed by atoms with E-state index >= 15 is 0 Å². The van der Waals surface area contributed by atoms with Crippen molar-refractivity contribution in [2.24, 2.45) is 0 Å². The Hall–Kier alpha value is -0.480. The molecule has 0 aliphatic rings. The highest BCUT2D eigenvalue weighted by Gasteiger charge is 2.29. The Bertz CT molecular complexity index is 612. The number of allylic oxidation sites excluding steroid dienone is 6. The lowest BCUT2D eigenvalue weighted by Gasteiger charge is -2.12. The highest BCUT2D eigenvalue weighted by molar-refractivity contribution is 7.72. The second-order valence-corrected chi connectivity index (χ2v) is 11.7. The Morgan fingerprint density at radius 3 is 1.89 bits per heavy atom.